The second-order valence-electron chi connectivity index (χ2n) is 12.2. The second-order valence-corrected chi connectivity index (χ2v) is 18.7. The van der Waals surface area contributed by atoms with Gasteiger partial charge in [-0.3, -0.25) is 0 Å². The van der Waals surface area contributed by atoms with Crippen LogP contribution in [-0.2, 0) is 0 Å². The van der Waals surface area contributed by atoms with Crippen molar-refractivity contribution < 1.29 is 14.3 Å². The Kier molecular flexibility index (Phi) is 8.81. The van der Waals surface area contributed by atoms with Crippen molar-refractivity contribution in [3.63, 3.8) is 0 Å². The molecule has 0 N–H and O–H groups in total. The topological polar surface area (TPSA) is 55.3 Å². The summed E-state index contributed by atoms with van der Waals surface area (Å²) in [5, 5.41) is 0.620. The molecular weight excluding hydrogens is 470 g/mol. The molecular formula is C30H48O3P2-2. The molecule has 4 saturated carbocycles. The standard InChI is InChI=1S/C30H48O3P2/c31-35(32,28-19-9-3-10-20-28,29-21-11-4-12-22-29)30-23-13-14-25(24-30)33-34(26-15-5-1-6-16-26)27-17-7-2-8-18-27/h13-14,23-24,26-29H,1-12,15-22H2/q-2. The number of rotatable bonds is 7. The Balaban J connectivity index is 1.45. The van der Waals surface area contributed by atoms with Gasteiger partial charge in [0.2, 0.25) is 0 Å². The van der Waals surface area contributed by atoms with Crippen molar-refractivity contribution >= 4 is 20.5 Å². The molecule has 35 heavy (non-hydrogen) atoms. The molecule has 0 aromatic heterocycles. The summed E-state index contributed by atoms with van der Waals surface area (Å²) in [6.07, 6.45) is 23.3. The van der Waals surface area contributed by atoms with Crippen LogP contribution < -0.4 is 19.6 Å². The van der Waals surface area contributed by atoms with Gasteiger partial charge < -0.3 is 0 Å². The maximum absolute atomic E-state index is 15.2. The summed E-state index contributed by atoms with van der Waals surface area (Å²) in [5.41, 5.74) is 1.03. The van der Waals surface area contributed by atoms with Crippen LogP contribution >= 0.6 is 15.2 Å². The Morgan fingerprint density at radius 1 is 0.600 bits per heavy atom. The molecule has 3 nitrogen and oxygen atoms in total. The summed E-state index contributed by atoms with van der Waals surface area (Å²) in [7, 11) is -5.12. The van der Waals surface area contributed by atoms with Crippen LogP contribution in [0.2, 0.25) is 0 Å². The van der Waals surface area contributed by atoms with Gasteiger partial charge in [-0.2, -0.15) is 0 Å². The molecule has 5 heteroatoms. The summed E-state index contributed by atoms with van der Waals surface area (Å²) in [6, 6.07) is 7.96. The summed E-state index contributed by atoms with van der Waals surface area (Å²) >= 11 is 0. The molecule has 5 rings (SSSR count). The van der Waals surface area contributed by atoms with Gasteiger partial charge >= 0.3 is 216 Å². The van der Waals surface area contributed by atoms with E-state index in [4.69, 9.17) is 4.52 Å². The molecule has 0 saturated heterocycles. The Morgan fingerprint density at radius 2 is 1.03 bits per heavy atom. The predicted molar refractivity (Wildman–Crippen MR) is 148 cm³/mol. The van der Waals surface area contributed by atoms with Crippen molar-refractivity contribution in [1.82, 2.24) is 0 Å². The molecule has 0 heterocycles. The van der Waals surface area contributed by atoms with Crippen LogP contribution in [0, 0.1) is 0 Å². The number of hydrogen-bond donors (Lipinski definition) is 0. The van der Waals surface area contributed by atoms with E-state index in [0.717, 1.165) is 57.1 Å². The van der Waals surface area contributed by atoms with Crippen molar-refractivity contribution in [2.24, 2.45) is 0 Å². The molecule has 0 spiro atoms. The molecule has 0 atom stereocenters. The van der Waals surface area contributed by atoms with Gasteiger partial charge in [0.25, 0.3) is 0 Å². The summed E-state index contributed by atoms with van der Waals surface area (Å²) < 4.78 is 6.96. The molecule has 1 aromatic carbocycles. The van der Waals surface area contributed by atoms with Crippen LogP contribution in [0.15, 0.2) is 24.3 Å². The van der Waals surface area contributed by atoms with Gasteiger partial charge in [0.05, 0.1) is 0 Å². The van der Waals surface area contributed by atoms with Crippen LogP contribution in [0.3, 0.4) is 0 Å². The van der Waals surface area contributed by atoms with Crippen LogP contribution in [-0.4, -0.2) is 22.6 Å². The second kappa shape index (κ2) is 11.7. The Morgan fingerprint density at radius 3 is 1.49 bits per heavy atom. The fourth-order valence-electron chi connectivity index (χ4n) is 7.91. The zero-order chi connectivity index (χ0) is 24.2. The zero-order valence-corrected chi connectivity index (χ0v) is 23.7. The van der Waals surface area contributed by atoms with E-state index in [2.05, 4.69) is 6.07 Å². The Labute approximate surface area is 215 Å². The SMILES string of the molecule is [O-]P([O-])(c1cccc(OP(C2CCCCC2)C2CCCCC2)c1)(C1CCCCC1)C1CCCCC1. The molecule has 4 aliphatic rings. The molecule has 4 aliphatic carbocycles. The first kappa shape index (κ1) is 26.4. The van der Waals surface area contributed by atoms with Gasteiger partial charge in [0.1, 0.15) is 0 Å². The van der Waals surface area contributed by atoms with E-state index in [1.807, 2.05) is 18.2 Å². The third kappa shape index (κ3) is 5.65. The van der Waals surface area contributed by atoms with Crippen molar-refractivity contribution in [3.05, 3.63) is 24.3 Å². The van der Waals surface area contributed by atoms with E-state index in [1.54, 1.807) is 0 Å². The monoisotopic (exact) mass is 518 g/mol. The average Bonchev–Trinajstić information content (AvgIpc) is 2.94. The van der Waals surface area contributed by atoms with Crippen LogP contribution in [0.5, 0.6) is 5.75 Å². The fraction of sp³-hybridized carbons (Fsp3) is 0.800. The van der Waals surface area contributed by atoms with Crippen LogP contribution in [0.25, 0.3) is 0 Å². The van der Waals surface area contributed by atoms with Crippen LogP contribution in [0.1, 0.15) is 128 Å². The van der Waals surface area contributed by atoms with Gasteiger partial charge in [-0.25, -0.2) is 0 Å². The molecule has 0 bridgehead atoms. The van der Waals surface area contributed by atoms with E-state index in [0.29, 0.717) is 16.6 Å². The van der Waals surface area contributed by atoms with Gasteiger partial charge in [0, 0.05) is 0 Å². The quantitative estimate of drug-likeness (QED) is 0.351. The van der Waals surface area contributed by atoms with Crippen LogP contribution in [0.4, 0.5) is 0 Å². The third-order valence-electron chi connectivity index (χ3n) is 9.94. The predicted octanol–water partition coefficient (Wildman–Crippen LogP) is 7.52. The van der Waals surface area contributed by atoms with Crippen molar-refractivity contribution in [1.29, 1.82) is 0 Å². The van der Waals surface area contributed by atoms with Gasteiger partial charge in [-0.1, -0.05) is 0 Å². The Bertz CT molecular complexity index is 764. The minimum atomic E-state index is -4.57. The van der Waals surface area contributed by atoms with Crippen molar-refractivity contribution in [3.8, 4) is 5.75 Å². The number of benzene rings is 1. The summed E-state index contributed by atoms with van der Waals surface area (Å²) in [4.78, 5) is 30.3. The van der Waals surface area contributed by atoms with E-state index in [1.165, 1.54) is 77.0 Å². The summed E-state index contributed by atoms with van der Waals surface area (Å²) in [5.74, 6) is 0.845. The van der Waals surface area contributed by atoms with Gasteiger partial charge in [-0.15, -0.1) is 0 Å². The van der Waals surface area contributed by atoms with Gasteiger partial charge in [0.15, 0.2) is 0 Å². The third-order valence-corrected chi connectivity index (χ3v) is 17.9. The van der Waals surface area contributed by atoms with E-state index < -0.39 is 15.2 Å². The zero-order valence-electron chi connectivity index (χ0n) is 21.9. The molecule has 0 unspecified atom stereocenters. The first-order valence-electron chi connectivity index (χ1n) is 15.1. The summed E-state index contributed by atoms with van der Waals surface area (Å²) in [6.45, 7) is 0. The fourth-order valence-corrected chi connectivity index (χ4v) is 15.8. The maximum atomic E-state index is 15.2. The molecule has 1 aromatic rings. The van der Waals surface area contributed by atoms with E-state index >= 15 is 9.79 Å². The molecule has 4 fully saturated rings. The minimum absolute atomic E-state index is 0.175. The number of hydrogen-bond acceptors (Lipinski definition) is 3. The Hall–Kier alpha value is -0.200. The van der Waals surface area contributed by atoms with Gasteiger partial charge in [-0.05, 0) is 0 Å². The van der Waals surface area contributed by atoms with Crippen molar-refractivity contribution in [2.45, 2.75) is 151 Å². The molecule has 198 valence electrons. The average molecular weight is 519 g/mol. The normalized spacial score (nSPS) is 25.9. The van der Waals surface area contributed by atoms with Crippen molar-refractivity contribution in [2.75, 3.05) is 0 Å². The van der Waals surface area contributed by atoms with E-state index in [-0.39, 0.29) is 11.3 Å². The molecule has 0 aliphatic heterocycles. The molecule has 0 amide bonds. The first-order valence-corrected chi connectivity index (χ1v) is 18.7. The first-order chi connectivity index (χ1) is 17.1. The van der Waals surface area contributed by atoms with E-state index in [9.17, 15) is 0 Å². The molecule has 0 radical (unpaired) electrons.